The lowest BCUT2D eigenvalue weighted by atomic mass is 10.0. The molecule has 2 aromatic rings. The van der Waals surface area contributed by atoms with Crippen LogP contribution in [0.5, 0.6) is 0 Å². The summed E-state index contributed by atoms with van der Waals surface area (Å²) in [4.78, 5) is 4.07. The van der Waals surface area contributed by atoms with Crippen molar-refractivity contribution in [2.24, 2.45) is 0 Å². The maximum Gasteiger partial charge on any atom is 0.0701 e. The van der Waals surface area contributed by atoms with E-state index in [4.69, 9.17) is 0 Å². The molecule has 0 spiro atoms. The van der Waals surface area contributed by atoms with E-state index in [2.05, 4.69) is 56.7 Å². The molecule has 18 heavy (non-hydrogen) atoms. The summed E-state index contributed by atoms with van der Waals surface area (Å²) < 4.78 is 1.19. The Labute approximate surface area is 121 Å². The van der Waals surface area contributed by atoms with E-state index in [1.165, 1.54) is 14.9 Å². The van der Waals surface area contributed by atoms with E-state index in [0.29, 0.717) is 6.04 Å². The minimum absolute atomic E-state index is 0.384. The van der Waals surface area contributed by atoms with Crippen LogP contribution < -0.4 is 5.32 Å². The smallest absolute Gasteiger partial charge is 0.0701 e. The van der Waals surface area contributed by atoms with Crippen molar-refractivity contribution in [3.05, 3.63) is 50.9 Å². The molecule has 1 N–H and O–H groups in total. The van der Waals surface area contributed by atoms with Gasteiger partial charge in [0, 0.05) is 18.4 Å². The van der Waals surface area contributed by atoms with Gasteiger partial charge in [-0.3, -0.25) is 4.98 Å². The van der Waals surface area contributed by atoms with Gasteiger partial charge in [0.05, 0.1) is 3.79 Å². The van der Waals surface area contributed by atoms with E-state index < -0.39 is 0 Å². The van der Waals surface area contributed by atoms with E-state index in [1.54, 1.807) is 11.3 Å². The number of hydrogen-bond donors (Lipinski definition) is 1. The SMILES string of the molecule is CCCNC(Cc1ccncc1)c1csc(Br)c1. The molecular formula is C14H17BrN2S. The van der Waals surface area contributed by atoms with Crippen LogP contribution in [-0.2, 0) is 6.42 Å². The first-order valence-corrected chi connectivity index (χ1v) is 7.83. The fourth-order valence-electron chi connectivity index (χ4n) is 1.89. The minimum Gasteiger partial charge on any atom is -0.310 e. The second-order valence-electron chi connectivity index (χ2n) is 4.25. The standard InChI is InChI=1S/C14H17BrN2S/c1-2-5-17-13(12-9-14(15)18-10-12)8-11-3-6-16-7-4-11/h3-4,6-7,9-10,13,17H,2,5,8H2,1H3. The molecule has 0 bridgehead atoms. The molecular weight excluding hydrogens is 308 g/mol. The lowest BCUT2D eigenvalue weighted by molar-refractivity contribution is 0.530. The van der Waals surface area contributed by atoms with E-state index >= 15 is 0 Å². The summed E-state index contributed by atoms with van der Waals surface area (Å²) in [6, 6.07) is 6.76. The Kier molecular flexibility index (Phi) is 5.35. The number of aromatic nitrogens is 1. The maximum absolute atomic E-state index is 4.07. The van der Waals surface area contributed by atoms with Crippen molar-refractivity contribution in [2.75, 3.05) is 6.54 Å². The Hall–Kier alpha value is -0.710. The van der Waals surface area contributed by atoms with Gasteiger partial charge in [-0.1, -0.05) is 6.92 Å². The molecule has 0 radical (unpaired) electrons. The average Bonchev–Trinajstić information content (AvgIpc) is 2.82. The van der Waals surface area contributed by atoms with Gasteiger partial charge >= 0.3 is 0 Å². The Bertz CT molecular complexity index is 470. The molecule has 0 saturated heterocycles. The molecule has 0 aliphatic rings. The molecule has 1 atom stereocenters. The molecule has 0 saturated carbocycles. The predicted molar refractivity (Wildman–Crippen MR) is 81.0 cm³/mol. The number of nitrogens with one attached hydrogen (secondary N) is 1. The topological polar surface area (TPSA) is 24.9 Å². The van der Waals surface area contributed by atoms with Gasteiger partial charge in [0.2, 0.25) is 0 Å². The molecule has 4 heteroatoms. The zero-order valence-corrected chi connectivity index (χ0v) is 12.8. The van der Waals surface area contributed by atoms with Crippen molar-refractivity contribution >= 4 is 27.3 Å². The predicted octanol–water partition coefficient (Wildman–Crippen LogP) is 4.19. The number of halogens is 1. The van der Waals surface area contributed by atoms with Crippen LogP contribution >= 0.6 is 27.3 Å². The number of nitrogens with zero attached hydrogens (tertiary/aromatic N) is 1. The first kappa shape index (κ1) is 13.7. The molecule has 2 aromatic heterocycles. The van der Waals surface area contributed by atoms with E-state index in [1.807, 2.05) is 12.4 Å². The maximum atomic E-state index is 4.07. The van der Waals surface area contributed by atoms with Gasteiger partial charge in [-0.25, -0.2) is 0 Å². The van der Waals surface area contributed by atoms with Gasteiger partial charge in [0.25, 0.3) is 0 Å². The molecule has 0 aliphatic heterocycles. The molecule has 0 aromatic carbocycles. The molecule has 1 unspecified atom stereocenters. The number of thiophene rings is 1. The zero-order valence-electron chi connectivity index (χ0n) is 10.4. The highest BCUT2D eigenvalue weighted by atomic mass is 79.9. The first-order valence-electron chi connectivity index (χ1n) is 6.16. The molecule has 0 aliphatic carbocycles. The molecule has 2 heterocycles. The van der Waals surface area contributed by atoms with Gasteiger partial charge in [-0.15, -0.1) is 11.3 Å². The van der Waals surface area contributed by atoms with Crippen LogP contribution in [0.2, 0.25) is 0 Å². The van der Waals surface area contributed by atoms with Crippen molar-refractivity contribution in [1.82, 2.24) is 10.3 Å². The fourth-order valence-corrected chi connectivity index (χ4v) is 3.12. The van der Waals surface area contributed by atoms with Crippen molar-refractivity contribution in [3.63, 3.8) is 0 Å². The summed E-state index contributed by atoms with van der Waals surface area (Å²) in [5, 5.41) is 5.83. The van der Waals surface area contributed by atoms with Crippen LogP contribution in [0.15, 0.2) is 39.8 Å². The summed E-state index contributed by atoms with van der Waals surface area (Å²) in [6.07, 6.45) is 5.87. The Balaban J connectivity index is 2.10. The fraction of sp³-hybridized carbons (Fsp3) is 0.357. The molecule has 2 rings (SSSR count). The van der Waals surface area contributed by atoms with Gasteiger partial charge in [0.15, 0.2) is 0 Å². The van der Waals surface area contributed by atoms with Crippen LogP contribution in [0.4, 0.5) is 0 Å². The van der Waals surface area contributed by atoms with Crippen LogP contribution in [0, 0.1) is 0 Å². The van der Waals surface area contributed by atoms with Crippen LogP contribution in [-0.4, -0.2) is 11.5 Å². The summed E-state index contributed by atoms with van der Waals surface area (Å²) in [5.74, 6) is 0. The van der Waals surface area contributed by atoms with Crippen molar-refractivity contribution < 1.29 is 0 Å². The second-order valence-corrected chi connectivity index (χ2v) is 6.54. The Morgan fingerprint density at radius 3 is 2.78 bits per heavy atom. The molecule has 0 amide bonds. The van der Waals surface area contributed by atoms with E-state index in [0.717, 1.165) is 19.4 Å². The van der Waals surface area contributed by atoms with Crippen LogP contribution in [0.25, 0.3) is 0 Å². The average molecular weight is 325 g/mol. The van der Waals surface area contributed by atoms with Gasteiger partial charge in [-0.2, -0.15) is 0 Å². The van der Waals surface area contributed by atoms with Crippen molar-refractivity contribution in [1.29, 1.82) is 0 Å². The normalized spacial score (nSPS) is 12.6. The highest BCUT2D eigenvalue weighted by Crippen LogP contribution is 2.27. The van der Waals surface area contributed by atoms with E-state index in [-0.39, 0.29) is 0 Å². The Morgan fingerprint density at radius 1 is 1.39 bits per heavy atom. The van der Waals surface area contributed by atoms with Crippen molar-refractivity contribution in [3.8, 4) is 0 Å². The molecule has 2 nitrogen and oxygen atoms in total. The van der Waals surface area contributed by atoms with Gasteiger partial charge < -0.3 is 5.32 Å². The van der Waals surface area contributed by atoms with Gasteiger partial charge in [0.1, 0.15) is 0 Å². The molecule has 96 valence electrons. The third-order valence-electron chi connectivity index (χ3n) is 2.82. The Morgan fingerprint density at radius 2 is 2.17 bits per heavy atom. The lowest BCUT2D eigenvalue weighted by Crippen LogP contribution is -2.23. The van der Waals surface area contributed by atoms with E-state index in [9.17, 15) is 0 Å². The number of rotatable bonds is 6. The summed E-state index contributed by atoms with van der Waals surface area (Å²) >= 11 is 5.28. The summed E-state index contributed by atoms with van der Waals surface area (Å²) in [7, 11) is 0. The number of pyridine rings is 1. The third-order valence-corrected chi connectivity index (χ3v) is 4.34. The quantitative estimate of drug-likeness (QED) is 0.861. The largest absolute Gasteiger partial charge is 0.310 e. The minimum atomic E-state index is 0.384. The molecule has 0 fully saturated rings. The zero-order chi connectivity index (χ0) is 12.8. The third kappa shape index (κ3) is 3.90. The van der Waals surface area contributed by atoms with Gasteiger partial charge in [-0.05, 0) is 70.0 Å². The van der Waals surface area contributed by atoms with Crippen LogP contribution in [0.1, 0.15) is 30.5 Å². The van der Waals surface area contributed by atoms with Crippen molar-refractivity contribution in [2.45, 2.75) is 25.8 Å². The number of hydrogen-bond acceptors (Lipinski definition) is 3. The second kappa shape index (κ2) is 7.02. The van der Waals surface area contributed by atoms with Crippen LogP contribution in [0.3, 0.4) is 0 Å². The highest BCUT2D eigenvalue weighted by molar-refractivity contribution is 9.11. The summed E-state index contributed by atoms with van der Waals surface area (Å²) in [5.41, 5.74) is 2.68. The monoisotopic (exact) mass is 324 g/mol. The summed E-state index contributed by atoms with van der Waals surface area (Å²) in [6.45, 7) is 3.24. The highest BCUT2D eigenvalue weighted by Gasteiger charge is 2.13. The first-order chi connectivity index (χ1) is 8.79. The lowest BCUT2D eigenvalue weighted by Gasteiger charge is -2.17.